The average Bonchev–Trinajstić information content (AvgIpc) is 2.69. The zero-order valence-corrected chi connectivity index (χ0v) is 11.7. The third-order valence-electron chi connectivity index (χ3n) is 2.82. The van der Waals surface area contributed by atoms with E-state index in [2.05, 4.69) is 20.8 Å². The zero-order valence-electron chi connectivity index (χ0n) is 11.7. The number of hydrogen-bond donors (Lipinski definition) is 0. The van der Waals surface area contributed by atoms with E-state index in [-0.39, 0.29) is 18.0 Å². The fraction of sp³-hybridized carbons (Fsp3) is 0.438. The highest BCUT2D eigenvalue weighted by molar-refractivity contribution is 5.91. The maximum atomic E-state index is 11.8. The maximum Gasteiger partial charge on any atom is 0.338 e. The van der Waals surface area contributed by atoms with Gasteiger partial charge in [-0.05, 0) is 11.0 Å². The lowest BCUT2D eigenvalue weighted by atomic mass is 9.98. The summed E-state index contributed by atoms with van der Waals surface area (Å²) < 4.78 is 10.8. The molecule has 3 heteroatoms. The Hall–Kier alpha value is -1.77. The van der Waals surface area contributed by atoms with E-state index in [1.165, 1.54) is 0 Å². The lowest BCUT2D eigenvalue weighted by Crippen LogP contribution is -2.15. The molecule has 0 fully saturated rings. The molecule has 3 nitrogen and oxygen atoms in total. The highest BCUT2D eigenvalue weighted by atomic mass is 16.6. The second-order valence-corrected chi connectivity index (χ2v) is 5.99. The highest BCUT2D eigenvalue weighted by Crippen LogP contribution is 2.24. The van der Waals surface area contributed by atoms with Gasteiger partial charge in [0.1, 0.15) is 12.4 Å². The van der Waals surface area contributed by atoms with Crippen LogP contribution in [-0.4, -0.2) is 19.2 Å². The summed E-state index contributed by atoms with van der Waals surface area (Å²) in [5.41, 5.74) is 1.81. The number of hydrogen-bond acceptors (Lipinski definition) is 3. The molecule has 0 unspecified atom stereocenters. The fourth-order valence-electron chi connectivity index (χ4n) is 1.82. The van der Waals surface area contributed by atoms with Gasteiger partial charge >= 0.3 is 5.97 Å². The van der Waals surface area contributed by atoms with Crippen molar-refractivity contribution in [1.82, 2.24) is 0 Å². The van der Waals surface area contributed by atoms with Crippen molar-refractivity contribution in [3.05, 3.63) is 47.2 Å². The molecule has 0 amide bonds. The third kappa shape index (κ3) is 3.85. The van der Waals surface area contributed by atoms with E-state index >= 15 is 0 Å². The SMILES string of the molecule is CC(C)(C)COC1=C(Cc2ccccc2)C(=O)OC1. The molecule has 0 saturated heterocycles. The predicted octanol–water partition coefficient (Wildman–Crippen LogP) is 3.10. The summed E-state index contributed by atoms with van der Waals surface area (Å²) in [5.74, 6) is 0.427. The van der Waals surface area contributed by atoms with E-state index in [4.69, 9.17) is 9.47 Å². The summed E-state index contributed by atoms with van der Waals surface area (Å²) in [7, 11) is 0. The summed E-state index contributed by atoms with van der Waals surface area (Å²) in [4.78, 5) is 11.8. The van der Waals surface area contributed by atoms with Crippen molar-refractivity contribution in [2.24, 2.45) is 5.41 Å². The minimum absolute atomic E-state index is 0.0660. The summed E-state index contributed by atoms with van der Waals surface area (Å²) in [6, 6.07) is 9.89. The second kappa shape index (κ2) is 5.47. The number of esters is 1. The smallest absolute Gasteiger partial charge is 0.338 e. The van der Waals surface area contributed by atoms with Crippen molar-refractivity contribution >= 4 is 5.97 Å². The number of ether oxygens (including phenoxy) is 2. The first-order valence-electron chi connectivity index (χ1n) is 6.51. The van der Waals surface area contributed by atoms with E-state index in [1.807, 2.05) is 30.3 Å². The van der Waals surface area contributed by atoms with E-state index in [0.717, 1.165) is 5.56 Å². The Labute approximate surface area is 114 Å². The predicted molar refractivity (Wildman–Crippen MR) is 73.5 cm³/mol. The number of rotatable bonds is 4. The van der Waals surface area contributed by atoms with Gasteiger partial charge < -0.3 is 9.47 Å². The molecule has 0 radical (unpaired) electrons. The Bertz CT molecular complexity index is 480. The molecule has 0 aromatic heterocycles. The molecule has 0 spiro atoms. The standard InChI is InChI=1S/C16H20O3/c1-16(2,3)11-19-14-10-18-15(17)13(14)9-12-7-5-4-6-8-12/h4-8H,9-11H2,1-3H3. The van der Waals surface area contributed by atoms with E-state index in [0.29, 0.717) is 24.4 Å². The number of carbonyl (C=O) groups excluding carboxylic acids is 1. The molecule has 1 aliphatic heterocycles. The van der Waals surface area contributed by atoms with Crippen molar-refractivity contribution < 1.29 is 14.3 Å². The lowest BCUT2D eigenvalue weighted by molar-refractivity contribution is -0.136. The van der Waals surface area contributed by atoms with Crippen LogP contribution in [0.15, 0.2) is 41.7 Å². The van der Waals surface area contributed by atoms with Gasteiger partial charge in [0.05, 0.1) is 12.2 Å². The zero-order chi connectivity index (χ0) is 13.9. The summed E-state index contributed by atoms with van der Waals surface area (Å²) in [5, 5.41) is 0. The minimum atomic E-state index is -0.257. The number of carbonyl (C=O) groups is 1. The van der Waals surface area contributed by atoms with Gasteiger partial charge in [-0.2, -0.15) is 0 Å². The van der Waals surface area contributed by atoms with Crippen molar-refractivity contribution in [3.63, 3.8) is 0 Å². The lowest BCUT2D eigenvalue weighted by Gasteiger charge is -2.19. The van der Waals surface area contributed by atoms with Crippen LogP contribution in [0.3, 0.4) is 0 Å². The fourth-order valence-corrected chi connectivity index (χ4v) is 1.82. The second-order valence-electron chi connectivity index (χ2n) is 5.99. The summed E-state index contributed by atoms with van der Waals surface area (Å²) in [6.45, 7) is 7.14. The summed E-state index contributed by atoms with van der Waals surface area (Å²) >= 11 is 0. The van der Waals surface area contributed by atoms with Crippen molar-refractivity contribution in [2.75, 3.05) is 13.2 Å². The molecule has 0 bridgehead atoms. The molecule has 1 aromatic carbocycles. The highest BCUT2D eigenvalue weighted by Gasteiger charge is 2.27. The molecular formula is C16H20O3. The van der Waals surface area contributed by atoms with Crippen LogP contribution in [0.2, 0.25) is 0 Å². The Morgan fingerprint density at radius 2 is 1.89 bits per heavy atom. The van der Waals surface area contributed by atoms with Gasteiger partial charge in [-0.3, -0.25) is 0 Å². The molecule has 0 atom stereocenters. The molecule has 1 aromatic rings. The summed E-state index contributed by atoms with van der Waals surface area (Å²) in [6.07, 6.45) is 0.569. The molecule has 2 rings (SSSR count). The molecule has 102 valence electrons. The molecule has 19 heavy (non-hydrogen) atoms. The largest absolute Gasteiger partial charge is 0.493 e. The monoisotopic (exact) mass is 260 g/mol. The van der Waals surface area contributed by atoms with Crippen LogP contribution in [0, 0.1) is 5.41 Å². The van der Waals surface area contributed by atoms with Crippen LogP contribution in [-0.2, 0) is 20.7 Å². The van der Waals surface area contributed by atoms with Crippen LogP contribution < -0.4 is 0 Å². The van der Waals surface area contributed by atoms with E-state index in [1.54, 1.807) is 0 Å². The molecule has 0 saturated carbocycles. The Balaban J connectivity index is 2.11. The molecule has 0 N–H and O–H groups in total. The topological polar surface area (TPSA) is 35.5 Å². The Kier molecular flexibility index (Phi) is 3.93. The van der Waals surface area contributed by atoms with Gasteiger partial charge in [0.2, 0.25) is 0 Å². The first-order valence-corrected chi connectivity index (χ1v) is 6.51. The first-order chi connectivity index (χ1) is 8.96. The molecular weight excluding hydrogens is 240 g/mol. The molecule has 1 heterocycles. The van der Waals surface area contributed by atoms with Gasteiger partial charge in [0.15, 0.2) is 0 Å². The normalized spacial score (nSPS) is 15.6. The van der Waals surface area contributed by atoms with Gasteiger partial charge in [-0.15, -0.1) is 0 Å². The average molecular weight is 260 g/mol. The maximum absolute atomic E-state index is 11.8. The number of cyclic esters (lactones) is 1. The third-order valence-corrected chi connectivity index (χ3v) is 2.82. The van der Waals surface area contributed by atoms with Crippen LogP contribution in [0.25, 0.3) is 0 Å². The van der Waals surface area contributed by atoms with Crippen molar-refractivity contribution in [1.29, 1.82) is 0 Å². The van der Waals surface area contributed by atoms with E-state index < -0.39 is 0 Å². The molecule has 1 aliphatic rings. The van der Waals surface area contributed by atoms with Crippen molar-refractivity contribution in [3.8, 4) is 0 Å². The molecule has 0 aliphatic carbocycles. The van der Waals surface area contributed by atoms with Crippen LogP contribution >= 0.6 is 0 Å². The Morgan fingerprint density at radius 1 is 1.21 bits per heavy atom. The number of benzene rings is 1. The van der Waals surface area contributed by atoms with Gasteiger partial charge in [0.25, 0.3) is 0 Å². The Morgan fingerprint density at radius 3 is 2.53 bits per heavy atom. The van der Waals surface area contributed by atoms with Crippen molar-refractivity contribution in [2.45, 2.75) is 27.2 Å². The minimum Gasteiger partial charge on any atom is -0.493 e. The van der Waals surface area contributed by atoms with Crippen LogP contribution in [0.4, 0.5) is 0 Å². The van der Waals surface area contributed by atoms with Crippen LogP contribution in [0.1, 0.15) is 26.3 Å². The van der Waals surface area contributed by atoms with Gasteiger partial charge in [-0.25, -0.2) is 4.79 Å². The first kappa shape index (κ1) is 13.7. The quantitative estimate of drug-likeness (QED) is 0.780. The van der Waals surface area contributed by atoms with Gasteiger partial charge in [0, 0.05) is 6.42 Å². The van der Waals surface area contributed by atoms with Crippen LogP contribution in [0.5, 0.6) is 0 Å². The van der Waals surface area contributed by atoms with Gasteiger partial charge in [-0.1, -0.05) is 51.1 Å². The van der Waals surface area contributed by atoms with E-state index in [9.17, 15) is 4.79 Å².